The van der Waals surface area contributed by atoms with Crippen LogP contribution in [0.3, 0.4) is 0 Å². The Morgan fingerprint density at radius 2 is 2.03 bits per heavy atom. The molecular formula is C19H20ClN6O4+. The SMILES string of the molecule is COc1ccc(-n2c(C)c(C)[n+]3c2N=C2C3C(=O)N(CC(N)=O)C(=O)N2C)cc1Cl. The quantitative estimate of drug-likeness (QED) is 0.727. The number of aliphatic imine (C=N–C) groups is 1. The second kappa shape index (κ2) is 6.84. The zero-order valence-electron chi connectivity index (χ0n) is 16.8. The van der Waals surface area contributed by atoms with E-state index < -0.39 is 30.4 Å². The summed E-state index contributed by atoms with van der Waals surface area (Å²) < 4.78 is 8.83. The Morgan fingerprint density at radius 3 is 2.63 bits per heavy atom. The molecule has 0 saturated carbocycles. The van der Waals surface area contributed by atoms with E-state index in [-0.39, 0.29) is 5.84 Å². The number of carbonyl (C=O) groups is 3. The van der Waals surface area contributed by atoms with Crippen LogP contribution in [-0.2, 0) is 9.59 Å². The van der Waals surface area contributed by atoms with Crippen LogP contribution in [0.5, 0.6) is 5.75 Å². The lowest BCUT2D eigenvalue weighted by Gasteiger charge is -2.32. The summed E-state index contributed by atoms with van der Waals surface area (Å²) in [6.45, 7) is 3.27. The molecule has 156 valence electrons. The number of urea groups is 1. The number of ether oxygens (including phenoxy) is 1. The van der Waals surface area contributed by atoms with Crippen LogP contribution in [0.1, 0.15) is 17.4 Å². The Hall–Kier alpha value is -3.40. The molecule has 0 radical (unpaired) electrons. The average Bonchev–Trinajstić information content (AvgIpc) is 3.19. The number of nitrogens with two attached hydrogens (primary N) is 1. The van der Waals surface area contributed by atoms with Gasteiger partial charge in [0.2, 0.25) is 17.8 Å². The lowest BCUT2D eigenvalue weighted by atomic mass is 10.1. The molecule has 4 amide bonds. The first-order valence-corrected chi connectivity index (χ1v) is 9.48. The van der Waals surface area contributed by atoms with Crippen molar-refractivity contribution < 1.29 is 23.7 Å². The zero-order valence-corrected chi connectivity index (χ0v) is 17.6. The minimum absolute atomic E-state index is 0.289. The predicted octanol–water partition coefficient (Wildman–Crippen LogP) is 1.01. The topological polar surface area (TPSA) is 114 Å². The third-order valence-electron chi connectivity index (χ3n) is 5.42. The molecule has 0 spiro atoms. The number of primary amides is 1. The van der Waals surface area contributed by atoms with Crippen molar-refractivity contribution in [3.8, 4) is 11.4 Å². The van der Waals surface area contributed by atoms with Crippen LogP contribution in [0, 0.1) is 13.8 Å². The Morgan fingerprint density at radius 1 is 1.33 bits per heavy atom. The van der Waals surface area contributed by atoms with Crippen molar-refractivity contribution in [2.24, 2.45) is 10.7 Å². The van der Waals surface area contributed by atoms with Crippen LogP contribution >= 0.6 is 11.6 Å². The van der Waals surface area contributed by atoms with E-state index in [2.05, 4.69) is 4.99 Å². The number of hydrogen-bond acceptors (Lipinski definition) is 5. The van der Waals surface area contributed by atoms with Crippen molar-refractivity contribution in [3.05, 3.63) is 34.6 Å². The number of rotatable bonds is 4. The summed E-state index contributed by atoms with van der Waals surface area (Å²) >= 11 is 6.31. The highest BCUT2D eigenvalue weighted by Crippen LogP contribution is 2.35. The molecule has 1 saturated heterocycles. The standard InChI is InChI=1S/C19H19ClN6O4/c1-9-10(2)26-15-16(23(3)19(29)24(17(15)28)8-14(21)27)22-18(26)25(9)11-5-6-13(30-4)12(20)7-11/h5-7,15H,8H2,1-4H3,(H-,21,27)/p+1. The van der Waals surface area contributed by atoms with E-state index in [0.717, 1.165) is 22.0 Å². The molecule has 2 aromatic rings. The maximum atomic E-state index is 13.1. The summed E-state index contributed by atoms with van der Waals surface area (Å²) in [6, 6.07) is 3.81. The van der Waals surface area contributed by atoms with E-state index in [1.54, 1.807) is 16.7 Å². The number of amides is 4. The van der Waals surface area contributed by atoms with Crippen molar-refractivity contribution in [2.45, 2.75) is 19.9 Å². The third-order valence-corrected chi connectivity index (χ3v) is 5.72. The van der Waals surface area contributed by atoms with E-state index in [1.807, 2.05) is 24.5 Å². The molecule has 2 aliphatic rings. The van der Waals surface area contributed by atoms with Gasteiger partial charge in [-0.25, -0.2) is 9.36 Å². The molecule has 1 atom stereocenters. The predicted molar refractivity (Wildman–Crippen MR) is 107 cm³/mol. The summed E-state index contributed by atoms with van der Waals surface area (Å²) in [7, 11) is 3.05. The number of halogens is 1. The molecule has 10 nitrogen and oxygen atoms in total. The van der Waals surface area contributed by atoms with Crippen molar-refractivity contribution in [2.75, 3.05) is 20.7 Å². The van der Waals surface area contributed by atoms with Crippen LogP contribution in [0.25, 0.3) is 5.69 Å². The summed E-state index contributed by atoms with van der Waals surface area (Å²) in [5.41, 5.74) is 7.60. The first-order chi connectivity index (χ1) is 14.2. The van der Waals surface area contributed by atoms with Gasteiger partial charge in [-0.1, -0.05) is 16.6 Å². The van der Waals surface area contributed by atoms with E-state index in [1.165, 1.54) is 19.1 Å². The van der Waals surface area contributed by atoms with Gasteiger partial charge in [-0.2, -0.15) is 4.57 Å². The van der Waals surface area contributed by atoms with Gasteiger partial charge in [-0.05, 0) is 32.0 Å². The van der Waals surface area contributed by atoms with Gasteiger partial charge in [-0.3, -0.25) is 19.4 Å². The van der Waals surface area contributed by atoms with Gasteiger partial charge in [0.15, 0.2) is 0 Å². The van der Waals surface area contributed by atoms with Crippen molar-refractivity contribution >= 4 is 41.2 Å². The molecule has 0 aliphatic carbocycles. The highest BCUT2D eigenvalue weighted by molar-refractivity contribution is 6.32. The highest BCUT2D eigenvalue weighted by atomic mass is 35.5. The zero-order chi connectivity index (χ0) is 21.9. The maximum Gasteiger partial charge on any atom is 0.407 e. The number of imidazole rings is 1. The average molecular weight is 432 g/mol. The molecule has 1 fully saturated rings. The van der Waals surface area contributed by atoms with Crippen LogP contribution in [0.15, 0.2) is 23.2 Å². The largest absolute Gasteiger partial charge is 0.495 e. The minimum atomic E-state index is -0.865. The van der Waals surface area contributed by atoms with E-state index in [0.29, 0.717) is 16.7 Å². The van der Waals surface area contributed by atoms with E-state index in [4.69, 9.17) is 22.1 Å². The number of methoxy groups -OCH3 is 1. The lowest BCUT2D eigenvalue weighted by Crippen LogP contribution is -2.64. The molecule has 2 N–H and O–H groups in total. The number of likely N-dealkylation sites (N-methyl/N-ethyl adjacent to an activating group) is 1. The summed E-state index contributed by atoms with van der Waals surface area (Å²) in [6.07, 6.45) is 0. The summed E-state index contributed by atoms with van der Waals surface area (Å²) in [4.78, 5) is 43.9. The Kier molecular flexibility index (Phi) is 4.53. The van der Waals surface area contributed by atoms with Gasteiger partial charge in [0.25, 0.3) is 5.91 Å². The fraction of sp³-hybridized carbons (Fsp3) is 0.316. The fourth-order valence-corrected chi connectivity index (χ4v) is 4.09. The molecule has 30 heavy (non-hydrogen) atoms. The number of carbonyl (C=O) groups excluding carboxylic acids is 3. The van der Waals surface area contributed by atoms with E-state index >= 15 is 0 Å². The van der Waals surface area contributed by atoms with Crippen molar-refractivity contribution in [3.63, 3.8) is 0 Å². The van der Waals surface area contributed by atoms with Gasteiger partial charge in [0, 0.05) is 7.05 Å². The molecule has 11 heteroatoms. The summed E-state index contributed by atoms with van der Waals surface area (Å²) in [5, 5.41) is 0.429. The fourth-order valence-electron chi connectivity index (χ4n) is 3.84. The van der Waals surface area contributed by atoms with Crippen molar-refractivity contribution in [1.29, 1.82) is 0 Å². The minimum Gasteiger partial charge on any atom is -0.495 e. The van der Waals surface area contributed by atoms with Crippen molar-refractivity contribution in [1.82, 2.24) is 14.4 Å². The molecule has 3 heterocycles. The van der Waals surface area contributed by atoms with Gasteiger partial charge in [0.1, 0.15) is 29.4 Å². The van der Waals surface area contributed by atoms with Crippen LogP contribution < -0.4 is 15.0 Å². The van der Waals surface area contributed by atoms with Gasteiger partial charge in [0.05, 0.1) is 12.1 Å². The molecule has 0 bridgehead atoms. The molecule has 1 aromatic carbocycles. The normalized spacial score (nSPS) is 17.8. The molecule has 1 aromatic heterocycles. The molecule has 2 aliphatic heterocycles. The van der Waals surface area contributed by atoms with Crippen LogP contribution in [0.4, 0.5) is 10.7 Å². The molecule has 1 unspecified atom stereocenters. The number of amidine groups is 1. The number of fused-ring (bicyclic) bond motifs is 3. The number of nitrogens with zero attached hydrogens (tertiary/aromatic N) is 5. The Balaban J connectivity index is 1.89. The molecule has 4 rings (SSSR count). The van der Waals surface area contributed by atoms with Gasteiger partial charge >= 0.3 is 12.0 Å². The lowest BCUT2D eigenvalue weighted by molar-refractivity contribution is -0.682. The number of hydrogen-bond donors (Lipinski definition) is 1. The van der Waals surface area contributed by atoms with E-state index in [9.17, 15) is 14.4 Å². The third kappa shape index (κ3) is 2.67. The van der Waals surface area contributed by atoms with Crippen LogP contribution in [-0.4, -0.2) is 58.8 Å². The van der Waals surface area contributed by atoms with Crippen LogP contribution in [0.2, 0.25) is 5.02 Å². The number of benzene rings is 1. The highest BCUT2D eigenvalue weighted by Gasteiger charge is 2.54. The first kappa shape index (κ1) is 19.9. The Bertz CT molecular complexity index is 1150. The second-order valence-corrected chi connectivity index (χ2v) is 7.51. The monoisotopic (exact) mass is 431 g/mol. The maximum absolute atomic E-state index is 13.1. The first-order valence-electron chi connectivity index (χ1n) is 9.10. The summed E-state index contributed by atoms with van der Waals surface area (Å²) in [5.74, 6) is -0.0226. The second-order valence-electron chi connectivity index (χ2n) is 7.10. The number of imide groups is 1. The smallest absolute Gasteiger partial charge is 0.407 e. The van der Waals surface area contributed by atoms with Gasteiger partial charge in [-0.15, -0.1) is 0 Å². The molecular weight excluding hydrogens is 412 g/mol. The number of aromatic nitrogens is 2. The van der Waals surface area contributed by atoms with Gasteiger partial charge < -0.3 is 10.5 Å². The Labute approximate surface area is 177 Å².